The van der Waals surface area contributed by atoms with E-state index in [1.165, 1.54) is 161 Å². The summed E-state index contributed by atoms with van der Waals surface area (Å²) in [4.78, 5) is 22.8. The summed E-state index contributed by atoms with van der Waals surface area (Å²) in [6.45, 7) is 3.97. The van der Waals surface area contributed by atoms with Crippen LogP contribution in [-0.4, -0.2) is 59.0 Å². The second-order valence-corrected chi connectivity index (χ2v) is 18.7. The van der Waals surface area contributed by atoms with Gasteiger partial charge >= 0.3 is 7.82 Å². The van der Waals surface area contributed by atoms with Crippen molar-refractivity contribution in [1.82, 2.24) is 5.32 Å². The number of aliphatic hydroxyl groups is 2. The predicted molar refractivity (Wildman–Crippen MR) is 255 cm³/mol. The van der Waals surface area contributed by atoms with Gasteiger partial charge in [-0.25, -0.2) is 4.57 Å². The number of amides is 1. The Morgan fingerprint density at radius 3 is 1.38 bits per heavy atom. The Labute approximate surface area is 370 Å². The molecule has 60 heavy (non-hydrogen) atoms. The van der Waals surface area contributed by atoms with Crippen molar-refractivity contribution in [2.75, 3.05) is 19.8 Å². The average Bonchev–Trinajstić information content (AvgIpc) is 3.23. The lowest BCUT2D eigenvalue weighted by atomic mass is 10.0. The maximum Gasteiger partial charge on any atom is 0.472 e. The Balaban J connectivity index is 4.28. The fraction of sp³-hybridized carbons (Fsp3) is 0.860. The van der Waals surface area contributed by atoms with E-state index in [0.717, 1.165) is 44.9 Å². The van der Waals surface area contributed by atoms with Crippen molar-refractivity contribution in [2.45, 2.75) is 257 Å². The lowest BCUT2D eigenvalue weighted by Gasteiger charge is -2.24. The van der Waals surface area contributed by atoms with Crippen LogP contribution < -0.4 is 11.1 Å². The van der Waals surface area contributed by atoms with E-state index in [4.69, 9.17) is 14.8 Å². The highest BCUT2D eigenvalue weighted by Gasteiger charge is 2.27. The number of carbonyl (C=O) groups excluding carboxylic acids is 1. The van der Waals surface area contributed by atoms with Crippen LogP contribution in [0, 0.1) is 0 Å². The minimum atomic E-state index is -4.41. The molecular weight excluding hydrogens is 772 g/mol. The minimum Gasteiger partial charge on any atom is -0.393 e. The molecule has 0 radical (unpaired) electrons. The van der Waals surface area contributed by atoms with Crippen LogP contribution in [0.1, 0.15) is 239 Å². The summed E-state index contributed by atoms with van der Waals surface area (Å²) in [6.07, 6.45) is 52.4. The first-order valence-electron chi connectivity index (χ1n) is 25.2. The van der Waals surface area contributed by atoms with Gasteiger partial charge in [0.05, 0.1) is 37.9 Å². The Hall–Kier alpha value is -1.32. The SMILES string of the molecule is CCCCCCCCCCCC/C=C/CC/C=C/CC/C=C/C(O)C(COP(=O)(O)OCCN)NC(=O)CC(O)CCCCCCCCCCCCCCCCCCCC. The van der Waals surface area contributed by atoms with Gasteiger partial charge in [-0.15, -0.1) is 0 Å². The van der Waals surface area contributed by atoms with Gasteiger partial charge in [0.15, 0.2) is 0 Å². The van der Waals surface area contributed by atoms with Crippen molar-refractivity contribution < 1.29 is 33.5 Å². The maximum absolute atomic E-state index is 12.9. The van der Waals surface area contributed by atoms with E-state index in [1.807, 2.05) is 6.08 Å². The summed E-state index contributed by atoms with van der Waals surface area (Å²) < 4.78 is 22.1. The smallest absolute Gasteiger partial charge is 0.393 e. The lowest BCUT2D eigenvalue weighted by Crippen LogP contribution is -2.46. The number of hydrogen-bond acceptors (Lipinski definition) is 7. The van der Waals surface area contributed by atoms with Crippen LogP contribution in [0.25, 0.3) is 0 Å². The number of aliphatic hydroxyl groups excluding tert-OH is 2. The number of hydrogen-bond donors (Lipinski definition) is 5. The normalized spacial score (nSPS) is 14.7. The third kappa shape index (κ3) is 43.3. The molecule has 0 aliphatic carbocycles. The minimum absolute atomic E-state index is 0.0430. The number of phosphoric acid groups is 1. The van der Waals surface area contributed by atoms with E-state index in [-0.39, 0.29) is 19.6 Å². The molecule has 0 rings (SSSR count). The topological polar surface area (TPSA) is 151 Å². The molecule has 0 saturated heterocycles. The number of allylic oxidation sites excluding steroid dienone is 5. The van der Waals surface area contributed by atoms with Crippen LogP contribution in [0.2, 0.25) is 0 Å². The van der Waals surface area contributed by atoms with Gasteiger partial charge in [0.1, 0.15) is 0 Å². The molecule has 1 amide bonds. The number of rotatable bonds is 47. The van der Waals surface area contributed by atoms with Gasteiger partial charge in [-0.3, -0.25) is 13.8 Å². The Kier molecular flexibility index (Phi) is 44.7. The van der Waals surface area contributed by atoms with Crippen molar-refractivity contribution in [2.24, 2.45) is 5.73 Å². The van der Waals surface area contributed by atoms with E-state index in [9.17, 15) is 24.5 Å². The van der Waals surface area contributed by atoms with Gasteiger partial charge < -0.3 is 26.2 Å². The highest BCUT2D eigenvalue weighted by atomic mass is 31.2. The average molecular weight is 869 g/mol. The number of nitrogens with one attached hydrogen (secondary N) is 1. The molecule has 354 valence electrons. The molecule has 0 aromatic heterocycles. The summed E-state index contributed by atoms with van der Waals surface area (Å²) >= 11 is 0. The van der Waals surface area contributed by atoms with Gasteiger partial charge in [-0.1, -0.05) is 224 Å². The fourth-order valence-electron chi connectivity index (χ4n) is 7.44. The standard InChI is InChI=1S/C50H97N2O7P/c1-3-5-7-9-11-13-15-17-19-21-23-24-26-28-30-32-34-36-38-40-42-49(54)48(46-59-60(56,57)58-44-43-51)52-50(55)45-47(53)41-39-37-35-33-31-29-27-25-22-20-18-16-14-12-10-8-6-4-2/h24,26,32,34,40,42,47-49,53-54H,3-23,25,27-31,33,35-39,41,43-46,51H2,1-2H3,(H,52,55)(H,56,57)/b26-24+,34-32+,42-40+. The molecule has 4 atom stereocenters. The van der Waals surface area contributed by atoms with Gasteiger partial charge in [0.25, 0.3) is 0 Å². The van der Waals surface area contributed by atoms with Crippen molar-refractivity contribution in [3.05, 3.63) is 36.5 Å². The number of nitrogens with two attached hydrogens (primary N) is 1. The summed E-state index contributed by atoms with van der Waals surface area (Å²) in [5, 5.41) is 24.1. The molecule has 0 aromatic rings. The molecule has 0 aliphatic rings. The fourth-order valence-corrected chi connectivity index (χ4v) is 8.20. The van der Waals surface area contributed by atoms with Crippen LogP contribution in [0.15, 0.2) is 36.5 Å². The molecule has 6 N–H and O–H groups in total. The Morgan fingerprint density at radius 2 is 0.950 bits per heavy atom. The zero-order valence-corrected chi connectivity index (χ0v) is 40.0. The summed E-state index contributed by atoms with van der Waals surface area (Å²) in [7, 11) is -4.41. The molecule has 9 nitrogen and oxygen atoms in total. The van der Waals surface area contributed by atoms with E-state index < -0.39 is 38.6 Å². The van der Waals surface area contributed by atoms with Crippen LogP contribution in [0.5, 0.6) is 0 Å². The first kappa shape index (κ1) is 58.7. The van der Waals surface area contributed by atoms with Crippen LogP contribution in [-0.2, 0) is 18.4 Å². The molecule has 0 aliphatic heterocycles. The van der Waals surface area contributed by atoms with Crippen LogP contribution in [0.4, 0.5) is 0 Å². The Morgan fingerprint density at radius 1 is 0.567 bits per heavy atom. The van der Waals surface area contributed by atoms with Gasteiger partial charge in [-0.2, -0.15) is 0 Å². The highest BCUT2D eigenvalue weighted by molar-refractivity contribution is 7.47. The lowest BCUT2D eigenvalue weighted by molar-refractivity contribution is -0.124. The first-order valence-corrected chi connectivity index (χ1v) is 26.7. The second kappa shape index (κ2) is 45.7. The molecular formula is C50H97N2O7P. The van der Waals surface area contributed by atoms with Gasteiger partial charge in [0.2, 0.25) is 5.91 Å². The summed E-state index contributed by atoms with van der Waals surface area (Å²) in [6, 6.07) is -1.00. The highest BCUT2D eigenvalue weighted by Crippen LogP contribution is 2.43. The number of unbranched alkanes of at least 4 members (excludes halogenated alkanes) is 29. The van der Waals surface area contributed by atoms with E-state index in [0.29, 0.717) is 12.8 Å². The quantitative estimate of drug-likeness (QED) is 0.0230. The summed E-state index contributed by atoms with van der Waals surface area (Å²) in [5.74, 6) is -0.456. The third-order valence-corrected chi connectivity index (χ3v) is 12.2. The van der Waals surface area contributed by atoms with E-state index in [1.54, 1.807) is 6.08 Å². The predicted octanol–water partition coefficient (Wildman–Crippen LogP) is 13.6. The van der Waals surface area contributed by atoms with E-state index in [2.05, 4.69) is 43.5 Å². The summed E-state index contributed by atoms with van der Waals surface area (Å²) in [5.41, 5.74) is 5.38. The van der Waals surface area contributed by atoms with E-state index >= 15 is 0 Å². The zero-order valence-electron chi connectivity index (χ0n) is 39.1. The maximum atomic E-state index is 12.9. The molecule has 0 heterocycles. The zero-order chi connectivity index (χ0) is 44.0. The second-order valence-electron chi connectivity index (χ2n) is 17.2. The van der Waals surface area contributed by atoms with Crippen molar-refractivity contribution in [3.8, 4) is 0 Å². The molecule has 0 spiro atoms. The molecule has 0 fully saturated rings. The van der Waals surface area contributed by atoms with Crippen LogP contribution >= 0.6 is 7.82 Å². The molecule has 10 heteroatoms. The first-order chi connectivity index (χ1) is 29.3. The Bertz CT molecular complexity index is 1060. The van der Waals surface area contributed by atoms with Crippen molar-refractivity contribution in [1.29, 1.82) is 0 Å². The number of carbonyl (C=O) groups is 1. The van der Waals surface area contributed by atoms with Gasteiger partial charge in [-0.05, 0) is 44.9 Å². The van der Waals surface area contributed by atoms with Crippen molar-refractivity contribution >= 4 is 13.7 Å². The van der Waals surface area contributed by atoms with Crippen molar-refractivity contribution in [3.63, 3.8) is 0 Å². The monoisotopic (exact) mass is 869 g/mol. The van der Waals surface area contributed by atoms with Gasteiger partial charge in [0, 0.05) is 6.54 Å². The molecule has 4 unspecified atom stereocenters. The molecule has 0 aromatic carbocycles. The molecule has 0 saturated carbocycles. The third-order valence-electron chi connectivity index (χ3n) is 11.3. The molecule has 0 bridgehead atoms. The largest absolute Gasteiger partial charge is 0.472 e. The number of phosphoric ester groups is 1. The van der Waals surface area contributed by atoms with Crippen LogP contribution in [0.3, 0.4) is 0 Å².